The average Bonchev–Trinajstić information content (AvgIpc) is 3.09. The highest BCUT2D eigenvalue weighted by Crippen LogP contribution is 2.28. The Bertz CT molecular complexity index is 702. The van der Waals surface area contributed by atoms with E-state index < -0.39 is 11.6 Å². The quantitative estimate of drug-likeness (QED) is 0.870. The zero-order valence-corrected chi connectivity index (χ0v) is 12.1. The largest absolute Gasteiger partial charge is 0.339 e. The molecule has 7 heteroatoms. The second-order valence-electron chi connectivity index (χ2n) is 5.31. The molecule has 0 radical (unpaired) electrons. The second-order valence-corrected chi connectivity index (χ2v) is 5.31. The first-order chi connectivity index (χ1) is 10.6. The van der Waals surface area contributed by atoms with Crippen LogP contribution >= 0.6 is 0 Å². The van der Waals surface area contributed by atoms with Gasteiger partial charge in [-0.25, -0.2) is 8.78 Å². The molecule has 1 fully saturated rings. The summed E-state index contributed by atoms with van der Waals surface area (Å²) >= 11 is 0. The highest BCUT2D eigenvalue weighted by molar-refractivity contribution is 5.79. The van der Waals surface area contributed by atoms with Crippen molar-refractivity contribution < 1.29 is 18.1 Å². The smallest absolute Gasteiger partial charge is 0.232 e. The number of rotatable bonds is 4. The summed E-state index contributed by atoms with van der Waals surface area (Å²) < 4.78 is 31.8. The molecule has 22 heavy (non-hydrogen) atoms. The number of hydrogen-bond acceptors (Lipinski definition) is 4. The van der Waals surface area contributed by atoms with Crippen molar-refractivity contribution in [2.24, 2.45) is 0 Å². The molecule has 5 nitrogen and oxygen atoms in total. The number of hydrogen-bond donors (Lipinski definition) is 0. The molecule has 1 unspecified atom stereocenters. The van der Waals surface area contributed by atoms with Crippen LogP contribution in [0.1, 0.15) is 36.5 Å². The Hall–Kier alpha value is -2.31. The first kappa shape index (κ1) is 14.6. The number of carbonyl (C=O) groups excluding carboxylic acids is 1. The topological polar surface area (TPSA) is 59.2 Å². The third kappa shape index (κ3) is 2.84. The van der Waals surface area contributed by atoms with Crippen LogP contribution in [0, 0.1) is 11.6 Å². The van der Waals surface area contributed by atoms with E-state index in [1.165, 1.54) is 17.0 Å². The van der Waals surface area contributed by atoms with E-state index in [4.69, 9.17) is 4.52 Å². The van der Waals surface area contributed by atoms with Crippen molar-refractivity contribution in [3.63, 3.8) is 0 Å². The molecule has 1 aliphatic rings. The van der Waals surface area contributed by atoms with Gasteiger partial charge in [-0.05, 0) is 6.07 Å². The van der Waals surface area contributed by atoms with Gasteiger partial charge >= 0.3 is 0 Å². The summed E-state index contributed by atoms with van der Waals surface area (Å²) in [7, 11) is 0. The number of halogens is 2. The highest BCUT2D eigenvalue weighted by atomic mass is 19.1. The summed E-state index contributed by atoms with van der Waals surface area (Å²) in [5.41, 5.74) is 0.287. The summed E-state index contributed by atoms with van der Waals surface area (Å²) in [6, 6.07) is 3.36. The standard InChI is InChI=1S/C15H15F2N3O2/c1-2-13-18-15(22-19-13)10-5-14(21)20(8-10)7-9-3-4-11(16)6-12(9)17/h3-4,6,10H,2,5,7-8H2,1H3. The molecule has 1 saturated heterocycles. The zero-order chi connectivity index (χ0) is 15.7. The number of aryl methyl sites for hydroxylation is 1. The molecule has 1 aromatic carbocycles. The van der Waals surface area contributed by atoms with Gasteiger partial charge in [-0.15, -0.1) is 0 Å². The van der Waals surface area contributed by atoms with E-state index in [-0.39, 0.29) is 30.4 Å². The minimum Gasteiger partial charge on any atom is -0.339 e. The Morgan fingerprint density at radius 3 is 2.91 bits per heavy atom. The van der Waals surface area contributed by atoms with Crippen molar-refractivity contribution >= 4 is 5.91 Å². The van der Waals surface area contributed by atoms with Crippen LogP contribution < -0.4 is 0 Å². The van der Waals surface area contributed by atoms with E-state index in [2.05, 4.69) is 10.1 Å². The van der Waals surface area contributed by atoms with Crippen molar-refractivity contribution in [2.45, 2.75) is 32.2 Å². The fourth-order valence-electron chi connectivity index (χ4n) is 2.52. The first-order valence-electron chi connectivity index (χ1n) is 7.11. The van der Waals surface area contributed by atoms with E-state index in [1.807, 2.05) is 6.92 Å². The van der Waals surface area contributed by atoms with Crippen LogP contribution in [-0.4, -0.2) is 27.5 Å². The lowest BCUT2D eigenvalue weighted by Gasteiger charge is -2.16. The maximum absolute atomic E-state index is 13.7. The van der Waals surface area contributed by atoms with Crippen LogP contribution in [0.5, 0.6) is 0 Å². The highest BCUT2D eigenvalue weighted by Gasteiger charge is 2.34. The number of benzene rings is 1. The lowest BCUT2D eigenvalue weighted by atomic mass is 10.1. The third-order valence-electron chi connectivity index (χ3n) is 3.74. The van der Waals surface area contributed by atoms with Crippen LogP contribution in [0.4, 0.5) is 8.78 Å². The van der Waals surface area contributed by atoms with E-state index >= 15 is 0 Å². The molecule has 116 valence electrons. The Balaban J connectivity index is 1.72. The fraction of sp³-hybridized carbons (Fsp3) is 0.400. The molecule has 1 amide bonds. The minimum absolute atomic E-state index is 0.107. The molecular weight excluding hydrogens is 292 g/mol. The Kier molecular flexibility index (Phi) is 3.87. The molecule has 0 spiro atoms. The predicted octanol–water partition coefficient (Wildman–Crippen LogP) is 2.43. The molecule has 2 heterocycles. The van der Waals surface area contributed by atoms with Gasteiger partial charge in [0.2, 0.25) is 11.8 Å². The lowest BCUT2D eigenvalue weighted by Crippen LogP contribution is -2.25. The monoisotopic (exact) mass is 307 g/mol. The van der Waals surface area contributed by atoms with Gasteiger partial charge in [0.15, 0.2) is 5.82 Å². The van der Waals surface area contributed by atoms with Gasteiger partial charge in [0.05, 0.1) is 5.92 Å². The van der Waals surface area contributed by atoms with Crippen LogP contribution in [0.25, 0.3) is 0 Å². The van der Waals surface area contributed by atoms with Gasteiger partial charge in [0, 0.05) is 37.6 Å². The third-order valence-corrected chi connectivity index (χ3v) is 3.74. The van der Waals surface area contributed by atoms with Gasteiger partial charge in [-0.3, -0.25) is 4.79 Å². The van der Waals surface area contributed by atoms with E-state index in [1.54, 1.807) is 0 Å². The van der Waals surface area contributed by atoms with Crippen molar-refractivity contribution in [2.75, 3.05) is 6.54 Å². The van der Waals surface area contributed by atoms with Crippen LogP contribution in [0.3, 0.4) is 0 Å². The van der Waals surface area contributed by atoms with Crippen LogP contribution in [-0.2, 0) is 17.8 Å². The Labute approximate surface area is 125 Å². The molecule has 2 aromatic rings. The molecule has 0 saturated carbocycles. The number of nitrogens with zero attached hydrogens (tertiary/aromatic N) is 3. The summed E-state index contributed by atoms with van der Waals surface area (Å²) in [4.78, 5) is 17.8. The van der Waals surface area contributed by atoms with Crippen LogP contribution in [0.2, 0.25) is 0 Å². The average molecular weight is 307 g/mol. The molecule has 0 N–H and O–H groups in total. The Morgan fingerprint density at radius 2 is 2.23 bits per heavy atom. The Morgan fingerprint density at radius 1 is 1.41 bits per heavy atom. The van der Waals surface area contributed by atoms with Crippen LogP contribution in [0.15, 0.2) is 22.7 Å². The predicted molar refractivity (Wildman–Crippen MR) is 72.8 cm³/mol. The van der Waals surface area contributed by atoms with E-state index in [9.17, 15) is 13.6 Å². The zero-order valence-electron chi connectivity index (χ0n) is 12.1. The van der Waals surface area contributed by atoms with Crippen molar-refractivity contribution in [1.29, 1.82) is 0 Å². The second kappa shape index (κ2) is 5.82. The maximum atomic E-state index is 13.7. The van der Waals surface area contributed by atoms with Crippen molar-refractivity contribution in [3.8, 4) is 0 Å². The molecule has 0 bridgehead atoms. The normalized spacial score (nSPS) is 18.2. The van der Waals surface area contributed by atoms with E-state index in [0.29, 0.717) is 24.7 Å². The van der Waals surface area contributed by atoms with Crippen molar-refractivity contribution in [3.05, 3.63) is 47.1 Å². The summed E-state index contributed by atoms with van der Waals surface area (Å²) in [5.74, 6) is -0.529. The minimum atomic E-state index is -0.651. The molecule has 3 rings (SSSR count). The fourth-order valence-corrected chi connectivity index (χ4v) is 2.52. The molecule has 0 aliphatic carbocycles. The number of aromatic nitrogens is 2. The number of amides is 1. The van der Waals surface area contributed by atoms with Gasteiger partial charge in [0.25, 0.3) is 0 Å². The van der Waals surface area contributed by atoms with Crippen molar-refractivity contribution in [1.82, 2.24) is 15.0 Å². The molecule has 1 aromatic heterocycles. The molecule has 1 atom stereocenters. The molecule has 1 aliphatic heterocycles. The van der Waals surface area contributed by atoms with E-state index in [0.717, 1.165) is 6.07 Å². The maximum Gasteiger partial charge on any atom is 0.232 e. The first-order valence-corrected chi connectivity index (χ1v) is 7.11. The van der Waals surface area contributed by atoms with Gasteiger partial charge in [0.1, 0.15) is 11.6 Å². The number of carbonyl (C=O) groups is 1. The summed E-state index contributed by atoms with van der Waals surface area (Å²) in [6.45, 7) is 2.41. The van der Waals surface area contributed by atoms with Gasteiger partial charge in [-0.1, -0.05) is 18.1 Å². The lowest BCUT2D eigenvalue weighted by molar-refractivity contribution is -0.128. The summed E-state index contributed by atoms with van der Waals surface area (Å²) in [6.07, 6.45) is 0.919. The summed E-state index contributed by atoms with van der Waals surface area (Å²) in [5, 5.41) is 3.82. The van der Waals surface area contributed by atoms with Gasteiger partial charge < -0.3 is 9.42 Å². The van der Waals surface area contributed by atoms with Gasteiger partial charge in [-0.2, -0.15) is 4.98 Å². The molecular formula is C15H15F2N3O2. The SMILES string of the molecule is CCc1noc(C2CC(=O)N(Cc3ccc(F)cc3F)C2)n1. The number of likely N-dealkylation sites (tertiary alicyclic amines) is 1.